The number of urea groups is 1. The van der Waals surface area contributed by atoms with E-state index in [1.165, 1.54) is 6.42 Å². The lowest BCUT2D eigenvalue weighted by Crippen LogP contribution is -2.44. The van der Waals surface area contributed by atoms with Crippen molar-refractivity contribution in [3.63, 3.8) is 0 Å². The first-order valence-corrected chi connectivity index (χ1v) is 7.38. The molecule has 2 aliphatic rings. The lowest BCUT2D eigenvalue weighted by molar-refractivity contribution is -0.141. The topological polar surface area (TPSA) is 69.6 Å². The maximum Gasteiger partial charge on any atom is 0.317 e. The first-order chi connectivity index (χ1) is 8.50. The number of likely N-dealkylation sites (tertiary alicyclic amines) is 1. The second kappa shape index (κ2) is 5.38. The minimum Gasteiger partial charge on any atom is -0.481 e. The van der Waals surface area contributed by atoms with E-state index in [0.29, 0.717) is 26.1 Å². The summed E-state index contributed by atoms with van der Waals surface area (Å²) in [6.45, 7) is 3.73. The lowest BCUT2D eigenvalue weighted by Gasteiger charge is -2.25. The zero-order valence-electron chi connectivity index (χ0n) is 10.6. The molecule has 0 aromatic carbocycles. The zero-order valence-corrected chi connectivity index (χ0v) is 11.5. The van der Waals surface area contributed by atoms with Crippen LogP contribution in [0.3, 0.4) is 0 Å². The Balaban J connectivity index is 1.77. The van der Waals surface area contributed by atoms with Gasteiger partial charge in [0, 0.05) is 24.4 Å². The Morgan fingerprint density at radius 1 is 1.56 bits per heavy atom. The third-order valence-corrected chi connectivity index (χ3v) is 5.28. The SMILES string of the molecule is CC1(CNC(=O)N2CCC(C(=O)O)C2)CCCS1. The number of nitrogens with zero attached hydrogens (tertiary/aromatic N) is 1. The third-order valence-electron chi connectivity index (χ3n) is 3.74. The summed E-state index contributed by atoms with van der Waals surface area (Å²) >= 11 is 1.91. The summed E-state index contributed by atoms with van der Waals surface area (Å²) in [6.07, 6.45) is 2.91. The van der Waals surface area contributed by atoms with Crippen LogP contribution in [0, 0.1) is 5.92 Å². The molecule has 0 radical (unpaired) electrons. The predicted octanol–water partition coefficient (Wildman–Crippen LogP) is 1.39. The average Bonchev–Trinajstić information content (AvgIpc) is 2.95. The van der Waals surface area contributed by atoms with E-state index in [-0.39, 0.29) is 10.8 Å². The Hall–Kier alpha value is -0.910. The minimum absolute atomic E-state index is 0.118. The van der Waals surface area contributed by atoms with Gasteiger partial charge in [0.25, 0.3) is 0 Å². The highest BCUT2D eigenvalue weighted by molar-refractivity contribution is 8.00. The van der Waals surface area contributed by atoms with E-state index in [2.05, 4.69) is 12.2 Å². The number of thioether (sulfide) groups is 1. The number of carboxylic acids is 1. The predicted molar refractivity (Wildman–Crippen MR) is 70.8 cm³/mol. The van der Waals surface area contributed by atoms with Gasteiger partial charge in [-0.1, -0.05) is 0 Å². The molecule has 2 heterocycles. The monoisotopic (exact) mass is 272 g/mol. The van der Waals surface area contributed by atoms with Crippen molar-refractivity contribution in [3.8, 4) is 0 Å². The highest BCUT2D eigenvalue weighted by Gasteiger charge is 2.33. The highest BCUT2D eigenvalue weighted by atomic mass is 32.2. The number of hydrogen-bond donors (Lipinski definition) is 2. The van der Waals surface area contributed by atoms with E-state index < -0.39 is 11.9 Å². The van der Waals surface area contributed by atoms with Crippen LogP contribution >= 0.6 is 11.8 Å². The van der Waals surface area contributed by atoms with Crippen molar-refractivity contribution in [3.05, 3.63) is 0 Å². The second-order valence-corrected chi connectivity index (χ2v) is 7.01. The van der Waals surface area contributed by atoms with E-state index >= 15 is 0 Å². The van der Waals surface area contributed by atoms with E-state index in [0.717, 1.165) is 12.2 Å². The van der Waals surface area contributed by atoms with Crippen LogP contribution in [0.15, 0.2) is 0 Å². The van der Waals surface area contributed by atoms with E-state index in [4.69, 9.17) is 5.11 Å². The molecule has 5 nitrogen and oxygen atoms in total. The third kappa shape index (κ3) is 3.10. The Morgan fingerprint density at radius 2 is 2.33 bits per heavy atom. The summed E-state index contributed by atoms with van der Waals surface area (Å²) in [4.78, 5) is 24.4. The van der Waals surface area contributed by atoms with Crippen molar-refractivity contribution in [1.29, 1.82) is 0 Å². The van der Waals surface area contributed by atoms with Crippen LogP contribution in [0.25, 0.3) is 0 Å². The van der Waals surface area contributed by atoms with Crippen LogP contribution < -0.4 is 5.32 Å². The number of amides is 2. The largest absolute Gasteiger partial charge is 0.481 e. The fraction of sp³-hybridized carbons (Fsp3) is 0.833. The second-order valence-electron chi connectivity index (χ2n) is 5.33. The number of aliphatic carboxylic acids is 1. The lowest BCUT2D eigenvalue weighted by atomic mass is 10.1. The van der Waals surface area contributed by atoms with Gasteiger partial charge in [-0.15, -0.1) is 0 Å². The molecule has 0 aromatic rings. The normalized spacial score (nSPS) is 31.6. The number of rotatable bonds is 3. The van der Waals surface area contributed by atoms with Gasteiger partial charge in [0.2, 0.25) is 0 Å². The Labute approximate surface area is 111 Å². The van der Waals surface area contributed by atoms with Gasteiger partial charge in [-0.25, -0.2) is 4.79 Å². The molecule has 0 saturated carbocycles. The van der Waals surface area contributed by atoms with Crippen molar-refractivity contribution < 1.29 is 14.7 Å². The summed E-state index contributed by atoms with van der Waals surface area (Å²) in [5, 5.41) is 11.8. The molecule has 2 amide bonds. The van der Waals surface area contributed by atoms with Gasteiger partial charge in [0.1, 0.15) is 0 Å². The molecule has 2 unspecified atom stereocenters. The van der Waals surface area contributed by atoms with E-state index in [1.54, 1.807) is 4.90 Å². The fourth-order valence-electron chi connectivity index (χ4n) is 2.50. The Morgan fingerprint density at radius 3 is 2.89 bits per heavy atom. The Kier molecular flexibility index (Phi) is 4.04. The maximum atomic E-state index is 11.9. The van der Waals surface area contributed by atoms with Crippen LogP contribution in [-0.2, 0) is 4.79 Å². The highest BCUT2D eigenvalue weighted by Crippen LogP contribution is 2.37. The molecule has 6 heteroatoms. The van der Waals surface area contributed by atoms with E-state index in [9.17, 15) is 9.59 Å². The molecule has 0 aromatic heterocycles. The van der Waals surface area contributed by atoms with Gasteiger partial charge in [0.15, 0.2) is 0 Å². The standard InChI is InChI=1S/C12H20N2O3S/c1-12(4-2-6-18-12)8-13-11(17)14-5-3-9(7-14)10(15)16/h9H,2-8H2,1H3,(H,13,17)(H,15,16). The zero-order chi connectivity index (χ0) is 13.2. The van der Waals surface area contributed by atoms with Gasteiger partial charge >= 0.3 is 12.0 Å². The molecule has 0 spiro atoms. The van der Waals surface area contributed by atoms with E-state index in [1.807, 2.05) is 11.8 Å². The average molecular weight is 272 g/mol. The van der Waals surface area contributed by atoms with Crippen LogP contribution in [0.4, 0.5) is 4.79 Å². The summed E-state index contributed by atoms with van der Waals surface area (Å²) in [5.74, 6) is -0.0345. The summed E-state index contributed by atoms with van der Waals surface area (Å²) < 4.78 is 0.154. The first kappa shape index (κ1) is 13.5. The first-order valence-electron chi connectivity index (χ1n) is 6.40. The van der Waals surface area contributed by atoms with Crippen molar-refractivity contribution in [2.45, 2.75) is 30.9 Å². The molecular weight excluding hydrogens is 252 g/mol. The summed E-state index contributed by atoms with van der Waals surface area (Å²) in [5.41, 5.74) is 0. The van der Waals surface area contributed by atoms with Gasteiger partial charge in [-0.05, 0) is 31.9 Å². The molecule has 2 atom stereocenters. The molecule has 18 heavy (non-hydrogen) atoms. The molecule has 2 aliphatic heterocycles. The fourth-order valence-corrected chi connectivity index (χ4v) is 3.74. The molecule has 102 valence electrons. The van der Waals surface area contributed by atoms with Gasteiger partial charge in [-0.2, -0.15) is 11.8 Å². The smallest absolute Gasteiger partial charge is 0.317 e. The molecule has 2 saturated heterocycles. The number of carbonyl (C=O) groups is 2. The van der Waals surface area contributed by atoms with Gasteiger partial charge in [-0.3, -0.25) is 4.79 Å². The minimum atomic E-state index is -0.802. The molecule has 2 fully saturated rings. The van der Waals surface area contributed by atoms with Crippen LogP contribution in [0.1, 0.15) is 26.2 Å². The van der Waals surface area contributed by atoms with Crippen molar-refractivity contribution in [1.82, 2.24) is 10.2 Å². The molecule has 2 N–H and O–H groups in total. The van der Waals surface area contributed by atoms with Gasteiger partial charge in [0.05, 0.1) is 5.92 Å². The number of hydrogen-bond acceptors (Lipinski definition) is 3. The molecule has 2 rings (SSSR count). The summed E-state index contributed by atoms with van der Waals surface area (Å²) in [7, 11) is 0. The van der Waals surface area contributed by atoms with Crippen molar-refractivity contribution in [2.75, 3.05) is 25.4 Å². The maximum absolute atomic E-state index is 11.9. The number of carboxylic acid groups (broad SMARTS) is 1. The number of nitrogens with one attached hydrogen (secondary N) is 1. The quantitative estimate of drug-likeness (QED) is 0.814. The van der Waals surface area contributed by atoms with Crippen LogP contribution in [0.5, 0.6) is 0 Å². The van der Waals surface area contributed by atoms with Crippen LogP contribution in [0.2, 0.25) is 0 Å². The summed E-state index contributed by atoms with van der Waals surface area (Å²) in [6, 6.07) is -0.118. The Bertz CT molecular complexity index is 342. The molecule has 0 aliphatic carbocycles. The van der Waals surface area contributed by atoms with Crippen molar-refractivity contribution in [2.24, 2.45) is 5.92 Å². The molecular formula is C12H20N2O3S. The van der Waals surface area contributed by atoms with Crippen LogP contribution in [-0.4, -0.2) is 52.1 Å². The van der Waals surface area contributed by atoms with Gasteiger partial charge < -0.3 is 15.3 Å². The molecule has 0 bridgehead atoms. The van der Waals surface area contributed by atoms with Crippen molar-refractivity contribution >= 4 is 23.8 Å². The number of carbonyl (C=O) groups excluding carboxylic acids is 1.